The molecule has 3 N–H and O–H groups in total. The summed E-state index contributed by atoms with van der Waals surface area (Å²) in [6.45, 7) is 4.69. The summed E-state index contributed by atoms with van der Waals surface area (Å²) in [5.41, 5.74) is 0. The van der Waals surface area contributed by atoms with Crippen LogP contribution in [0.2, 0.25) is 0 Å². The molecule has 1 amide bonds. The van der Waals surface area contributed by atoms with Crippen LogP contribution < -0.4 is 5.32 Å². The van der Waals surface area contributed by atoms with Gasteiger partial charge in [0.25, 0.3) is 0 Å². The summed E-state index contributed by atoms with van der Waals surface area (Å²) < 4.78 is 23.4. The molecule has 0 saturated heterocycles. The molecule has 0 radical (unpaired) electrons. The van der Waals surface area contributed by atoms with Crippen molar-refractivity contribution in [3.8, 4) is 0 Å². The van der Waals surface area contributed by atoms with E-state index in [1.165, 1.54) is 70.6 Å². The molecule has 0 fully saturated rings. The maximum atomic E-state index is 12.8. The van der Waals surface area contributed by atoms with Gasteiger partial charge >= 0.3 is 7.82 Å². The highest BCUT2D eigenvalue weighted by atomic mass is 31.2. The number of hydrogen-bond donors (Lipinski definition) is 3. The van der Waals surface area contributed by atoms with Crippen LogP contribution in [0.1, 0.15) is 155 Å². The van der Waals surface area contributed by atoms with Gasteiger partial charge in [0.05, 0.1) is 39.9 Å². The van der Waals surface area contributed by atoms with Crippen LogP contribution in [0.25, 0.3) is 0 Å². The normalized spacial score (nSPS) is 15.1. The van der Waals surface area contributed by atoms with E-state index in [0.29, 0.717) is 17.4 Å². The second kappa shape index (κ2) is 34.9. The van der Waals surface area contributed by atoms with Crippen LogP contribution in [-0.4, -0.2) is 73.4 Å². The van der Waals surface area contributed by atoms with Crippen molar-refractivity contribution in [2.45, 2.75) is 167 Å². The Morgan fingerprint density at radius 3 is 1.71 bits per heavy atom. The first-order chi connectivity index (χ1) is 25.0. The van der Waals surface area contributed by atoms with Crippen molar-refractivity contribution in [1.82, 2.24) is 5.32 Å². The number of nitrogens with one attached hydrogen (secondary N) is 1. The van der Waals surface area contributed by atoms with Gasteiger partial charge in [0.2, 0.25) is 5.91 Å². The van der Waals surface area contributed by atoms with Gasteiger partial charge in [-0.3, -0.25) is 13.8 Å². The SMILES string of the molecule is CCCCC/C=C/CC/C=C/C(O)C(COP(=O)(O)OCC[N+](C)(C)C)NC(=O)CCCCCCCC/C=C\C/C=C\C/C=C\CCCCCCC. The van der Waals surface area contributed by atoms with Crippen LogP contribution in [-0.2, 0) is 18.4 Å². The fourth-order valence-electron chi connectivity index (χ4n) is 5.35. The summed E-state index contributed by atoms with van der Waals surface area (Å²) in [5.74, 6) is -0.206. The van der Waals surface area contributed by atoms with Gasteiger partial charge in [-0.2, -0.15) is 0 Å². The van der Waals surface area contributed by atoms with Crippen molar-refractivity contribution < 1.29 is 32.9 Å². The molecular formula is C43H80N2O6P+. The van der Waals surface area contributed by atoms with Gasteiger partial charge < -0.3 is 19.8 Å². The fourth-order valence-corrected chi connectivity index (χ4v) is 6.09. The molecule has 0 heterocycles. The molecule has 0 aromatic carbocycles. The molecule has 8 nitrogen and oxygen atoms in total. The number of carbonyl (C=O) groups excluding carboxylic acids is 1. The van der Waals surface area contributed by atoms with Gasteiger partial charge in [-0.25, -0.2) is 4.57 Å². The molecule has 302 valence electrons. The molecule has 9 heteroatoms. The summed E-state index contributed by atoms with van der Waals surface area (Å²) >= 11 is 0. The second-order valence-electron chi connectivity index (χ2n) is 15.0. The lowest BCUT2D eigenvalue weighted by molar-refractivity contribution is -0.870. The van der Waals surface area contributed by atoms with Crippen molar-refractivity contribution >= 4 is 13.7 Å². The van der Waals surface area contributed by atoms with Gasteiger partial charge in [-0.15, -0.1) is 0 Å². The van der Waals surface area contributed by atoms with Gasteiger partial charge in [0, 0.05) is 6.42 Å². The van der Waals surface area contributed by atoms with Gasteiger partial charge in [-0.1, -0.05) is 139 Å². The Balaban J connectivity index is 4.40. The number of unbranched alkanes of at least 4 members (excludes halogenated alkanes) is 15. The minimum Gasteiger partial charge on any atom is -0.387 e. The molecule has 0 aromatic rings. The Hall–Kier alpha value is -1.80. The standard InChI is InChI=1S/C43H79N2O6P/c1-6-8-10-12-14-16-17-18-19-20-21-22-23-24-25-26-27-29-31-33-35-37-43(47)44-41(40-51-52(48,49)50-39-38-45(3,4)5)42(46)36-34-32-30-28-15-13-11-9-7-2/h15,17-18,20-21,23-24,28,34,36,41-42,46H,6-14,16,19,22,25-27,29-33,35,37-40H2,1-5H3,(H-,44,47,48,49)/p+1/b18-17-,21-20-,24-23-,28-15+,36-34+. The number of phosphoric ester groups is 1. The average molecular weight is 752 g/mol. The predicted molar refractivity (Wildman–Crippen MR) is 221 cm³/mol. The number of allylic oxidation sites excluding steroid dienone is 9. The Labute approximate surface area is 320 Å². The first-order valence-electron chi connectivity index (χ1n) is 20.7. The van der Waals surface area contributed by atoms with Crippen LogP contribution >= 0.6 is 7.82 Å². The number of rotatable bonds is 36. The minimum atomic E-state index is -4.34. The van der Waals surface area contributed by atoms with Crippen LogP contribution in [0.5, 0.6) is 0 Å². The molecule has 0 spiro atoms. The zero-order chi connectivity index (χ0) is 38.6. The third-order valence-electron chi connectivity index (χ3n) is 8.71. The first kappa shape index (κ1) is 50.2. The Morgan fingerprint density at radius 2 is 1.12 bits per heavy atom. The van der Waals surface area contributed by atoms with Crippen LogP contribution in [0.15, 0.2) is 60.8 Å². The quantitative estimate of drug-likeness (QED) is 0.0255. The number of aliphatic hydroxyl groups excluding tert-OH is 1. The maximum absolute atomic E-state index is 12.8. The van der Waals surface area contributed by atoms with Gasteiger partial charge in [0.1, 0.15) is 13.2 Å². The predicted octanol–water partition coefficient (Wildman–Crippen LogP) is 11.1. The highest BCUT2D eigenvalue weighted by Crippen LogP contribution is 2.43. The Morgan fingerprint density at radius 1 is 0.654 bits per heavy atom. The van der Waals surface area contributed by atoms with Crippen LogP contribution in [0, 0.1) is 0 Å². The molecule has 3 unspecified atom stereocenters. The van der Waals surface area contributed by atoms with E-state index in [1.807, 2.05) is 27.2 Å². The molecule has 0 aliphatic carbocycles. The van der Waals surface area contributed by atoms with Crippen molar-refractivity contribution in [3.05, 3.63) is 60.8 Å². The van der Waals surface area contributed by atoms with Crippen molar-refractivity contribution in [1.29, 1.82) is 0 Å². The highest BCUT2D eigenvalue weighted by Gasteiger charge is 2.27. The van der Waals surface area contributed by atoms with Crippen molar-refractivity contribution in [2.24, 2.45) is 0 Å². The lowest BCUT2D eigenvalue weighted by atomic mass is 10.1. The minimum absolute atomic E-state index is 0.0503. The molecule has 3 atom stereocenters. The van der Waals surface area contributed by atoms with E-state index >= 15 is 0 Å². The number of amides is 1. The van der Waals surface area contributed by atoms with Crippen molar-refractivity contribution in [2.75, 3.05) is 40.9 Å². The lowest BCUT2D eigenvalue weighted by Crippen LogP contribution is -2.45. The zero-order valence-corrected chi connectivity index (χ0v) is 34.9. The van der Waals surface area contributed by atoms with Crippen LogP contribution in [0.4, 0.5) is 0 Å². The number of nitrogens with zero attached hydrogens (tertiary/aromatic N) is 1. The number of carbonyl (C=O) groups is 1. The van der Waals surface area contributed by atoms with Crippen molar-refractivity contribution in [3.63, 3.8) is 0 Å². The number of likely N-dealkylation sites (N-methyl/N-ethyl adjacent to an activating group) is 1. The van der Waals surface area contributed by atoms with E-state index < -0.39 is 20.0 Å². The summed E-state index contributed by atoms with van der Waals surface area (Å²) in [4.78, 5) is 23.0. The highest BCUT2D eigenvalue weighted by molar-refractivity contribution is 7.47. The van der Waals surface area contributed by atoms with Gasteiger partial charge in [0.15, 0.2) is 0 Å². The fraction of sp³-hybridized carbons (Fsp3) is 0.744. The second-order valence-corrected chi connectivity index (χ2v) is 16.5. The number of phosphoric acid groups is 1. The van der Waals surface area contributed by atoms with E-state index in [9.17, 15) is 19.4 Å². The molecule has 0 aromatic heterocycles. The number of quaternary nitrogens is 1. The van der Waals surface area contributed by atoms with E-state index in [2.05, 4.69) is 67.8 Å². The third kappa shape index (κ3) is 36.6. The molecule has 0 aliphatic rings. The number of hydrogen-bond acceptors (Lipinski definition) is 5. The maximum Gasteiger partial charge on any atom is 0.472 e. The molecule has 52 heavy (non-hydrogen) atoms. The molecule has 0 rings (SSSR count). The van der Waals surface area contributed by atoms with E-state index in [4.69, 9.17) is 9.05 Å². The summed E-state index contributed by atoms with van der Waals surface area (Å²) in [7, 11) is 1.53. The monoisotopic (exact) mass is 752 g/mol. The van der Waals surface area contributed by atoms with E-state index in [-0.39, 0.29) is 19.1 Å². The Kier molecular flexibility index (Phi) is 33.7. The zero-order valence-electron chi connectivity index (χ0n) is 34.0. The van der Waals surface area contributed by atoms with E-state index in [0.717, 1.165) is 64.2 Å². The molecule has 0 saturated carbocycles. The lowest BCUT2D eigenvalue weighted by Gasteiger charge is -2.25. The van der Waals surface area contributed by atoms with Gasteiger partial charge in [-0.05, 0) is 70.6 Å². The van der Waals surface area contributed by atoms with Crippen LogP contribution in [0.3, 0.4) is 0 Å². The third-order valence-corrected chi connectivity index (χ3v) is 9.69. The largest absolute Gasteiger partial charge is 0.472 e. The smallest absolute Gasteiger partial charge is 0.387 e. The first-order valence-corrected chi connectivity index (χ1v) is 22.2. The Bertz CT molecular complexity index is 1030. The molecule has 0 bridgehead atoms. The topological polar surface area (TPSA) is 105 Å². The van der Waals surface area contributed by atoms with E-state index in [1.54, 1.807) is 6.08 Å². The number of aliphatic hydroxyl groups is 1. The summed E-state index contributed by atoms with van der Waals surface area (Å²) in [5, 5.41) is 13.7. The average Bonchev–Trinajstić information content (AvgIpc) is 3.09. The summed E-state index contributed by atoms with van der Waals surface area (Å²) in [6.07, 6.45) is 44.4. The molecular weight excluding hydrogens is 671 g/mol. The summed E-state index contributed by atoms with van der Waals surface area (Å²) in [6, 6.07) is -0.869. The molecule has 0 aliphatic heterocycles.